The maximum atomic E-state index is 14.3. The zero-order chi connectivity index (χ0) is 33.1. The van der Waals surface area contributed by atoms with E-state index in [-0.39, 0.29) is 24.8 Å². The first-order valence-corrected chi connectivity index (χ1v) is 17.7. The van der Waals surface area contributed by atoms with Crippen LogP contribution in [0.5, 0.6) is 5.75 Å². The fourth-order valence-corrected chi connectivity index (χ4v) is 6.17. The van der Waals surface area contributed by atoms with Crippen molar-refractivity contribution in [1.29, 1.82) is 0 Å². The molecule has 4 rings (SSSR count). The van der Waals surface area contributed by atoms with Crippen molar-refractivity contribution in [2.45, 2.75) is 39.5 Å². The number of rotatable bonds is 15. The number of sulfonamides is 1. The molecule has 1 atom stereocenters. The van der Waals surface area contributed by atoms with Crippen molar-refractivity contribution < 1.29 is 22.7 Å². The van der Waals surface area contributed by atoms with E-state index in [0.717, 1.165) is 31.7 Å². The Hall–Kier alpha value is -4.15. The lowest BCUT2D eigenvalue weighted by Gasteiger charge is -2.33. The topological polar surface area (TPSA) is 96.0 Å². The van der Waals surface area contributed by atoms with E-state index in [1.54, 1.807) is 24.3 Å². The lowest BCUT2D eigenvalue weighted by atomic mass is 10.0. The molecule has 0 spiro atoms. The van der Waals surface area contributed by atoms with Crippen LogP contribution >= 0.6 is 15.9 Å². The molecule has 0 heterocycles. The van der Waals surface area contributed by atoms with E-state index in [1.807, 2.05) is 98.8 Å². The summed E-state index contributed by atoms with van der Waals surface area (Å²) in [7, 11) is -3.88. The van der Waals surface area contributed by atoms with Gasteiger partial charge in [-0.2, -0.15) is 0 Å². The van der Waals surface area contributed by atoms with E-state index in [0.29, 0.717) is 24.6 Å². The van der Waals surface area contributed by atoms with Crippen LogP contribution < -0.4 is 14.4 Å². The van der Waals surface area contributed by atoms with Gasteiger partial charge in [-0.25, -0.2) is 8.42 Å². The van der Waals surface area contributed by atoms with Gasteiger partial charge in [-0.3, -0.25) is 13.9 Å². The summed E-state index contributed by atoms with van der Waals surface area (Å²) >= 11 is 3.50. The van der Waals surface area contributed by atoms with Gasteiger partial charge in [0, 0.05) is 24.0 Å². The first kappa shape index (κ1) is 34.7. The van der Waals surface area contributed by atoms with Gasteiger partial charge in [0.2, 0.25) is 21.8 Å². The number of halogens is 1. The highest BCUT2D eigenvalue weighted by Crippen LogP contribution is 2.24. The van der Waals surface area contributed by atoms with E-state index in [2.05, 4.69) is 21.2 Å². The molecular formula is C36H40BrN3O5S. The molecule has 0 unspecified atom stereocenters. The van der Waals surface area contributed by atoms with Crippen LogP contribution in [0.25, 0.3) is 0 Å². The summed E-state index contributed by atoms with van der Waals surface area (Å²) in [6, 6.07) is 32.4. The van der Waals surface area contributed by atoms with E-state index >= 15 is 0 Å². The Morgan fingerprint density at radius 3 is 2.02 bits per heavy atom. The van der Waals surface area contributed by atoms with Crippen LogP contribution in [0.15, 0.2) is 114 Å². The van der Waals surface area contributed by atoms with Gasteiger partial charge in [-0.15, -0.1) is 0 Å². The highest BCUT2D eigenvalue weighted by atomic mass is 79.9. The van der Waals surface area contributed by atoms with Crippen molar-refractivity contribution in [3.05, 3.63) is 130 Å². The third kappa shape index (κ3) is 10.5. The summed E-state index contributed by atoms with van der Waals surface area (Å²) < 4.78 is 34.0. The molecule has 0 aliphatic heterocycles. The summed E-state index contributed by atoms with van der Waals surface area (Å²) in [5.41, 5.74) is 2.99. The highest BCUT2D eigenvalue weighted by molar-refractivity contribution is 9.10. The zero-order valence-electron chi connectivity index (χ0n) is 26.3. The summed E-state index contributed by atoms with van der Waals surface area (Å²) in [4.78, 5) is 29.5. The molecule has 242 valence electrons. The van der Waals surface area contributed by atoms with Crippen LogP contribution in [0.4, 0.5) is 5.69 Å². The molecule has 0 radical (unpaired) electrons. The molecule has 46 heavy (non-hydrogen) atoms. The average Bonchev–Trinajstić information content (AvgIpc) is 3.04. The molecule has 1 N–H and O–H groups in total. The Kier molecular flexibility index (Phi) is 12.4. The molecule has 0 bridgehead atoms. The van der Waals surface area contributed by atoms with Gasteiger partial charge in [-0.05, 0) is 59.0 Å². The summed E-state index contributed by atoms with van der Waals surface area (Å²) in [5.74, 6) is -0.0357. The zero-order valence-corrected chi connectivity index (χ0v) is 28.7. The van der Waals surface area contributed by atoms with E-state index in [4.69, 9.17) is 4.74 Å². The van der Waals surface area contributed by atoms with Crippen LogP contribution in [0.3, 0.4) is 0 Å². The molecule has 4 aromatic carbocycles. The second-order valence-electron chi connectivity index (χ2n) is 11.5. The van der Waals surface area contributed by atoms with E-state index in [9.17, 15) is 18.0 Å². The van der Waals surface area contributed by atoms with Crippen molar-refractivity contribution in [2.24, 2.45) is 5.92 Å². The maximum absolute atomic E-state index is 14.3. The first-order valence-electron chi connectivity index (χ1n) is 15.1. The van der Waals surface area contributed by atoms with Gasteiger partial charge in [0.05, 0.1) is 11.9 Å². The minimum absolute atomic E-state index is 0.106. The molecule has 2 amide bonds. The second kappa shape index (κ2) is 16.4. The SMILES string of the molecule is CC(C)CNC(=O)[C@H](Cc1ccccc1)N(Cc1cccc(Br)c1)C(=O)CN(c1ccc(OCc2ccccc2)cc1)S(C)(=O)=O. The number of hydrogen-bond donors (Lipinski definition) is 1. The van der Waals surface area contributed by atoms with Crippen LogP contribution in [0, 0.1) is 5.92 Å². The monoisotopic (exact) mass is 705 g/mol. The predicted molar refractivity (Wildman–Crippen MR) is 186 cm³/mol. The summed E-state index contributed by atoms with van der Waals surface area (Å²) in [5, 5.41) is 2.99. The molecule has 4 aromatic rings. The molecule has 10 heteroatoms. The Labute approximate surface area is 280 Å². The van der Waals surface area contributed by atoms with E-state index < -0.39 is 28.5 Å². The van der Waals surface area contributed by atoms with Gasteiger partial charge >= 0.3 is 0 Å². The first-order chi connectivity index (χ1) is 22.0. The molecule has 0 saturated carbocycles. The lowest BCUT2D eigenvalue weighted by molar-refractivity contribution is -0.140. The maximum Gasteiger partial charge on any atom is 0.244 e. The number of nitrogens with one attached hydrogen (secondary N) is 1. The number of benzene rings is 4. The Morgan fingerprint density at radius 1 is 0.826 bits per heavy atom. The van der Waals surface area contributed by atoms with Gasteiger partial charge in [0.1, 0.15) is 24.9 Å². The van der Waals surface area contributed by atoms with E-state index in [1.165, 1.54) is 4.90 Å². The number of amides is 2. The summed E-state index contributed by atoms with van der Waals surface area (Å²) in [6.07, 6.45) is 1.33. The third-order valence-corrected chi connectivity index (χ3v) is 8.88. The highest BCUT2D eigenvalue weighted by Gasteiger charge is 2.33. The van der Waals surface area contributed by atoms with Gasteiger partial charge in [-0.1, -0.05) is 103 Å². The van der Waals surface area contributed by atoms with Gasteiger partial charge < -0.3 is 15.0 Å². The predicted octanol–water partition coefficient (Wildman–Crippen LogP) is 6.21. The van der Waals surface area contributed by atoms with Gasteiger partial charge in [0.15, 0.2) is 0 Å². The number of hydrogen-bond acceptors (Lipinski definition) is 5. The largest absolute Gasteiger partial charge is 0.489 e. The van der Waals surface area contributed by atoms with Crippen molar-refractivity contribution in [1.82, 2.24) is 10.2 Å². The standard InChI is InChI=1S/C36H40BrN3O5S/c1-27(2)23-38-36(42)34(22-28-11-6-4-7-12-28)39(24-30-15-10-16-31(37)21-30)35(41)25-40(46(3,43)44)32-17-19-33(20-18-32)45-26-29-13-8-5-9-14-29/h4-21,27,34H,22-26H2,1-3H3,(H,38,42)/t34-/m0/s1. The Morgan fingerprint density at radius 2 is 1.43 bits per heavy atom. The van der Waals surface area contributed by atoms with Crippen molar-refractivity contribution in [3.8, 4) is 5.75 Å². The molecule has 8 nitrogen and oxygen atoms in total. The Bertz CT molecular complexity index is 1680. The molecule has 0 fully saturated rings. The molecule has 0 aliphatic rings. The molecule has 0 aromatic heterocycles. The number of ether oxygens (including phenoxy) is 1. The molecule has 0 saturated heterocycles. The second-order valence-corrected chi connectivity index (χ2v) is 14.4. The van der Waals surface area contributed by atoms with Gasteiger partial charge in [0.25, 0.3) is 0 Å². The minimum atomic E-state index is -3.88. The van der Waals surface area contributed by atoms with Crippen molar-refractivity contribution in [2.75, 3.05) is 23.7 Å². The number of nitrogens with zero attached hydrogens (tertiary/aromatic N) is 2. The van der Waals surface area contributed by atoms with Crippen LogP contribution in [-0.2, 0) is 39.2 Å². The number of carbonyl (C=O) groups is 2. The normalized spacial score (nSPS) is 11.9. The van der Waals surface area contributed by atoms with Crippen molar-refractivity contribution >= 4 is 43.5 Å². The third-order valence-electron chi connectivity index (χ3n) is 7.25. The fourth-order valence-electron chi connectivity index (χ4n) is 4.87. The average molecular weight is 707 g/mol. The molecular weight excluding hydrogens is 666 g/mol. The quantitative estimate of drug-likeness (QED) is 0.159. The summed E-state index contributed by atoms with van der Waals surface area (Å²) in [6.45, 7) is 4.42. The lowest BCUT2D eigenvalue weighted by Crippen LogP contribution is -2.53. The smallest absolute Gasteiger partial charge is 0.244 e. The Balaban J connectivity index is 1.64. The minimum Gasteiger partial charge on any atom is -0.489 e. The van der Waals surface area contributed by atoms with Crippen molar-refractivity contribution in [3.63, 3.8) is 0 Å². The van der Waals surface area contributed by atoms with Crippen LogP contribution in [-0.4, -0.2) is 50.5 Å². The number of carbonyl (C=O) groups excluding carboxylic acids is 2. The fraction of sp³-hybridized carbons (Fsp3) is 0.278. The van der Waals surface area contributed by atoms with Crippen LogP contribution in [0.2, 0.25) is 0 Å². The number of anilines is 1. The molecule has 0 aliphatic carbocycles. The van der Waals surface area contributed by atoms with Crippen LogP contribution in [0.1, 0.15) is 30.5 Å².